The summed E-state index contributed by atoms with van der Waals surface area (Å²) in [6.07, 6.45) is 0. The Kier molecular flexibility index (Phi) is 7.85. The molecule has 0 atom stereocenters. The highest BCUT2D eigenvalue weighted by Crippen LogP contribution is 2.29. The standard InChI is InChI=1S/C26H23Cl2N3O3/c27-20-8-5-18(6-9-20)17-34-26-12-7-19-3-1-2-4-22(19)23(26)16-29-13-14-30-25-11-10-21(31(32)33)15-24(25)28/h1-12,15,29-30H,13-14,16-17H2. The first-order chi connectivity index (χ1) is 16.5. The smallest absolute Gasteiger partial charge is 0.271 e. The van der Waals surface area contributed by atoms with Gasteiger partial charge in [-0.3, -0.25) is 10.1 Å². The number of benzene rings is 4. The van der Waals surface area contributed by atoms with E-state index in [0.29, 0.717) is 42.0 Å². The Labute approximate surface area is 207 Å². The maximum Gasteiger partial charge on any atom is 0.271 e. The molecule has 6 nitrogen and oxygen atoms in total. The lowest BCUT2D eigenvalue weighted by Crippen LogP contribution is -2.22. The van der Waals surface area contributed by atoms with Crippen LogP contribution in [0.5, 0.6) is 5.75 Å². The number of nitro groups is 1. The van der Waals surface area contributed by atoms with Gasteiger partial charge in [0.2, 0.25) is 0 Å². The van der Waals surface area contributed by atoms with Crippen LogP contribution < -0.4 is 15.4 Å². The van der Waals surface area contributed by atoms with Crippen LogP contribution in [-0.4, -0.2) is 18.0 Å². The van der Waals surface area contributed by atoms with Gasteiger partial charge >= 0.3 is 0 Å². The topological polar surface area (TPSA) is 76.4 Å². The summed E-state index contributed by atoms with van der Waals surface area (Å²) >= 11 is 12.1. The highest BCUT2D eigenvalue weighted by molar-refractivity contribution is 6.33. The Morgan fingerprint density at radius 2 is 1.71 bits per heavy atom. The van der Waals surface area contributed by atoms with Gasteiger partial charge in [0.15, 0.2) is 0 Å². The number of fused-ring (bicyclic) bond motifs is 1. The van der Waals surface area contributed by atoms with E-state index in [-0.39, 0.29) is 5.69 Å². The molecule has 0 saturated heterocycles. The Bertz CT molecular complexity index is 1300. The van der Waals surface area contributed by atoms with Gasteiger partial charge < -0.3 is 15.4 Å². The minimum atomic E-state index is -0.464. The molecule has 0 aromatic heterocycles. The highest BCUT2D eigenvalue weighted by atomic mass is 35.5. The van der Waals surface area contributed by atoms with Crippen LogP contribution in [0.1, 0.15) is 11.1 Å². The number of hydrogen-bond acceptors (Lipinski definition) is 5. The van der Waals surface area contributed by atoms with Gasteiger partial charge in [0, 0.05) is 42.4 Å². The molecule has 0 bridgehead atoms. The average molecular weight is 496 g/mol. The third kappa shape index (κ3) is 5.97. The number of halogens is 2. The maximum atomic E-state index is 10.9. The molecule has 34 heavy (non-hydrogen) atoms. The summed E-state index contributed by atoms with van der Waals surface area (Å²) in [6, 6.07) is 24.3. The largest absolute Gasteiger partial charge is 0.489 e. The predicted molar refractivity (Wildman–Crippen MR) is 138 cm³/mol. The first-order valence-electron chi connectivity index (χ1n) is 10.8. The molecular weight excluding hydrogens is 473 g/mol. The average Bonchev–Trinajstić information content (AvgIpc) is 2.84. The first kappa shape index (κ1) is 23.8. The molecule has 0 radical (unpaired) electrons. The zero-order valence-corrected chi connectivity index (χ0v) is 19.8. The van der Waals surface area contributed by atoms with Crippen molar-refractivity contribution in [3.63, 3.8) is 0 Å². The van der Waals surface area contributed by atoms with E-state index in [1.54, 1.807) is 6.07 Å². The summed E-state index contributed by atoms with van der Waals surface area (Å²) in [6.45, 7) is 2.33. The Hall–Kier alpha value is -3.32. The van der Waals surface area contributed by atoms with Gasteiger partial charge in [0.05, 0.1) is 15.6 Å². The van der Waals surface area contributed by atoms with Crippen LogP contribution in [0.3, 0.4) is 0 Å². The van der Waals surface area contributed by atoms with Crippen LogP contribution in [0.4, 0.5) is 11.4 Å². The van der Waals surface area contributed by atoms with E-state index in [4.69, 9.17) is 27.9 Å². The van der Waals surface area contributed by atoms with E-state index in [1.807, 2.05) is 42.5 Å². The lowest BCUT2D eigenvalue weighted by molar-refractivity contribution is -0.384. The van der Waals surface area contributed by atoms with Gasteiger partial charge in [-0.2, -0.15) is 0 Å². The molecule has 4 rings (SSSR count). The second kappa shape index (κ2) is 11.2. The fourth-order valence-electron chi connectivity index (χ4n) is 3.64. The van der Waals surface area contributed by atoms with Gasteiger partial charge in [0.1, 0.15) is 12.4 Å². The van der Waals surface area contributed by atoms with Crippen LogP contribution >= 0.6 is 23.2 Å². The van der Waals surface area contributed by atoms with Crippen molar-refractivity contribution < 1.29 is 9.66 Å². The second-order valence-electron chi connectivity index (χ2n) is 7.70. The monoisotopic (exact) mass is 495 g/mol. The number of nitrogens with zero attached hydrogens (tertiary/aromatic N) is 1. The van der Waals surface area contributed by atoms with E-state index < -0.39 is 4.92 Å². The summed E-state index contributed by atoms with van der Waals surface area (Å²) in [5.41, 5.74) is 2.75. The summed E-state index contributed by atoms with van der Waals surface area (Å²) in [4.78, 5) is 10.4. The van der Waals surface area contributed by atoms with Crippen molar-refractivity contribution in [2.75, 3.05) is 18.4 Å². The first-order valence-corrected chi connectivity index (χ1v) is 11.5. The van der Waals surface area contributed by atoms with Crippen molar-refractivity contribution in [3.05, 3.63) is 110 Å². The molecule has 0 aliphatic heterocycles. The minimum Gasteiger partial charge on any atom is -0.489 e. The zero-order chi connectivity index (χ0) is 23.9. The summed E-state index contributed by atoms with van der Waals surface area (Å²) in [7, 11) is 0. The van der Waals surface area contributed by atoms with E-state index in [1.165, 1.54) is 12.1 Å². The molecule has 0 spiro atoms. The van der Waals surface area contributed by atoms with Crippen molar-refractivity contribution in [2.24, 2.45) is 0 Å². The van der Waals surface area contributed by atoms with Gasteiger partial charge in [-0.15, -0.1) is 0 Å². The maximum absolute atomic E-state index is 10.9. The Morgan fingerprint density at radius 3 is 2.47 bits per heavy atom. The molecule has 0 fully saturated rings. The fourth-order valence-corrected chi connectivity index (χ4v) is 4.00. The third-order valence-electron chi connectivity index (χ3n) is 5.39. The van der Waals surface area contributed by atoms with Crippen LogP contribution in [-0.2, 0) is 13.2 Å². The number of hydrogen-bond donors (Lipinski definition) is 2. The third-order valence-corrected chi connectivity index (χ3v) is 5.95. The molecule has 0 unspecified atom stereocenters. The molecular formula is C26H23Cl2N3O3. The molecule has 0 saturated carbocycles. The molecule has 8 heteroatoms. The molecule has 2 N–H and O–H groups in total. The Balaban J connectivity index is 1.39. The van der Waals surface area contributed by atoms with Gasteiger partial charge in [0.25, 0.3) is 5.69 Å². The van der Waals surface area contributed by atoms with E-state index in [0.717, 1.165) is 27.6 Å². The number of rotatable bonds is 10. The van der Waals surface area contributed by atoms with Crippen molar-refractivity contribution in [2.45, 2.75) is 13.2 Å². The SMILES string of the molecule is O=[N+]([O-])c1ccc(NCCNCc2c(OCc3ccc(Cl)cc3)ccc3ccccc23)c(Cl)c1. The molecule has 0 aliphatic rings. The molecule has 0 amide bonds. The van der Waals surface area contributed by atoms with Crippen LogP contribution in [0.2, 0.25) is 10.0 Å². The van der Waals surface area contributed by atoms with Crippen molar-refractivity contribution in [3.8, 4) is 5.75 Å². The zero-order valence-electron chi connectivity index (χ0n) is 18.3. The number of non-ortho nitro benzene ring substituents is 1. The fraction of sp³-hybridized carbons (Fsp3) is 0.154. The lowest BCUT2D eigenvalue weighted by Gasteiger charge is -2.16. The van der Waals surface area contributed by atoms with E-state index >= 15 is 0 Å². The van der Waals surface area contributed by atoms with Gasteiger partial charge in [-0.1, -0.05) is 65.7 Å². The normalized spacial score (nSPS) is 10.9. The number of anilines is 1. The second-order valence-corrected chi connectivity index (χ2v) is 8.55. The molecule has 0 heterocycles. The minimum absolute atomic E-state index is 0.0317. The lowest BCUT2D eigenvalue weighted by atomic mass is 10.0. The summed E-state index contributed by atoms with van der Waals surface area (Å²) < 4.78 is 6.17. The highest BCUT2D eigenvalue weighted by Gasteiger charge is 2.11. The van der Waals surface area contributed by atoms with Crippen LogP contribution in [0.25, 0.3) is 10.8 Å². The van der Waals surface area contributed by atoms with Crippen molar-refractivity contribution in [1.82, 2.24) is 5.32 Å². The number of nitro benzene ring substituents is 1. The van der Waals surface area contributed by atoms with Crippen LogP contribution in [0.15, 0.2) is 78.9 Å². The van der Waals surface area contributed by atoms with Crippen molar-refractivity contribution >= 4 is 45.3 Å². The molecule has 174 valence electrons. The van der Waals surface area contributed by atoms with Crippen molar-refractivity contribution in [1.29, 1.82) is 0 Å². The van der Waals surface area contributed by atoms with Gasteiger partial charge in [-0.05, 0) is 40.6 Å². The quantitative estimate of drug-likeness (QED) is 0.143. The molecule has 0 aliphatic carbocycles. The Morgan fingerprint density at radius 1 is 0.912 bits per heavy atom. The number of nitrogens with one attached hydrogen (secondary N) is 2. The molecule has 4 aromatic rings. The van der Waals surface area contributed by atoms with Gasteiger partial charge in [-0.25, -0.2) is 0 Å². The number of ether oxygens (including phenoxy) is 1. The van der Waals surface area contributed by atoms with Crippen LogP contribution in [0, 0.1) is 10.1 Å². The predicted octanol–water partition coefficient (Wildman–Crippen LogP) is 6.84. The molecule has 4 aromatic carbocycles. The van der Waals surface area contributed by atoms with E-state index in [9.17, 15) is 10.1 Å². The van der Waals surface area contributed by atoms with E-state index in [2.05, 4.69) is 28.8 Å². The summed E-state index contributed by atoms with van der Waals surface area (Å²) in [5.74, 6) is 0.826. The summed E-state index contributed by atoms with van der Waals surface area (Å²) in [5, 5.41) is 20.8.